The van der Waals surface area contributed by atoms with Crippen molar-refractivity contribution in [2.45, 2.75) is 0 Å². The first-order chi connectivity index (χ1) is 19.2. The van der Waals surface area contributed by atoms with Crippen molar-refractivity contribution in [3.05, 3.63) is 156 Å². The third-order valence-electron chi connectivity index (χ3n) is 5.56. The molecule has 2 N–H and O–H groups in total. The highest BCUT2D eigenvalue weighted by molar-refractivity contribution is 6.14. The van der Waals surface area contributed by atoms with Gasteiger partial charge in [0.25, 0.3) is 0 Å². The summed E-state index contributed by atoms with van der Waals surface area (Å²) in [6, 6.07) is 28.8. The van der Waals surface area contributed by atoms with E-state index in [9.17, 15) is 9.59 Å². The van der Waals surface area contributed by atoms with Crippen LogP contribution in [0.2, 0.25) is 0 Å². The fourth-order valence-corrected chi connectivity index (χ4v) is 3.69. The van der Waals surface area contributed by atoms with Crippen LogP contribution in [-0.4, -0.2) is 33.2 Å². The zero-order valence-electron chi connectivity index (χ0n) is 20.6. The van der Waals surface area contributed by atoms with Gasteiger partial charge in [-0.05, 0) is 36.4 Å². The van der Waals surface area contributed by atoms with Gasteiger partial charge < -0.3 is 4.42 Å². The molecule has 0 saturated carbocycles. The molecule has 0 spiro atoms. The number of rotatable bonds is 8. The number of hydrogen-bond donors (Lipinski definition) is 2. The van der Waals surface area contributed by atoms with Gasteiger partial charge in [0.05, 0.1) is 11.4 Å². The van der Waals surface area contributed by atoms with Crippen molar-refractivity contribution in [3.8, 4) is 0 Å². The molecule has 3 heterocycles. The number of nitrogens with zero attached hydrogens (tertiary/aromatic N) is 4. The maximum atomic E-state index is 12.8. The Morgan fingerprint density at radius 2 is 0.949 bits per heavy atom. The number of hydrazone groups is 2. The molecule has 9 heteroatoms. The standard InChI is InChI=1S/C30H22N6O3/c37-29(35-33-27(21-9-3-1-4-10-21)23-13-7-17-31-19-23)25-15-16-26(39-25)30(38)36-34-28(22-11-5-2-6-12-22)24-14-8-18-32-20-24/h1-20H,(H,35,37)(H,36,38)/b33-27+,34-28+. The average molecular weight is 515 g/mol. The Morgan fingerprint density at radius 3 is 1.33 bits per heavy atom. The summed E-state index contributed by atoms with van der Waals surface area (Å²) in [6.07, 6.45) is 6.62. The second kappa shape index (κ2) is 12.0. The normalized spacial score (nSPS) is 11.6. The zero-order valence-corrected chi connectivity index (χ0v) is 20.6. The largest absolute Gasteiger partial charge is 0.446 e. The van der Waals surface area contributed by atoms with E-state index >= 15 is 0 Å². The summed E-state index contributed by atoms with van der Waals surface area (Å²) in [7, 11) is 0. The quantitative estimate of drug-likeness (QED) is 0.234. The van der Waals surface area contributed by atoms with Gasteiger partial charge in [0.15, 0.2) is 11.5 Å². The van der Waals surface area contributed by atoms with Crippen molar-refractivity contribution in [1.29, 1.82) is 0 Å². The van der Waals surface area contributed by atoms with Crippen LogP contribution < -0.4 is 10.9 Å². The number of benzene rings is 2. The second-order valence-corrected chi connectivity index (χ2v) is 8.18. The van der Waals surface area contributed by atoms with Crippen LogP contribution in [0, 0.1) is 0 Å². The number of furan rings is 1. The number of aromatic nitrogens is 2. The summed E-state index contributed by atoms with van der Waals surface area (Å²) in [4.78, 5) is 33.9. The van der Waals surface area contributed by atoms with Crippen molar-refractivity contribution in [3.63, 3.8) is 0 Å². The smallest absolute Gasteiger partial charge is 0.307 e. The van der Waals surface area contributed by atoms with Gasteiger partial charge in [-0.3, -0.25) is 19.6 Å². The van der Waals surface area contributed by atoms with Gasteiger partial charge in [-0.1, -0.05) is 60.7 Å². The molecule has 2 amide bonds. The molecule has 0 saturated heterocycles. The molecule has 39 heavy (non-hydrogen) atoms. The Labute approximate surface area is 224 Å². The average Bonchev–Trinajstić information content (AvgIpc) is 3.50. The van der Waals surface area contributed by atoms with E-state index in [4.69, 9.17) is 4.42 Å². The molecule has 5 rings (SSSR count). The maximum Gasteiger partial charge on any atom is 0.307 e. The highest BCUT2D eigenvalue weighted by Crippen LogP contribution is 2.13. The van der Waals surface area contributed by atoms with Gasteiger partial charge in [-0.15, -0.1) is 0 Å². The number of amides is 2. The molecule has 2 aromatic carbocycles. The second-order valence-electron chi connectivity index (χ2n) is 8.18. The number of carbonyl (C=O) groups is 2. The molecule has 0 aliphatic heterocycles. The molecular formula is C30H22N6O3. The van der Waals surface area contributed by atoms with Gasteiger partial charge in [-0.25, -0.2) is 10.9 Å². The molecule has 0 aliphatic carbocycles. The Kier molecular flexibility index (Phi) is 7.70. The zero-order chi connectivity index (χ0) is 26.9. The Hall–Kier alpha value is -5.70. The van der Waals surface area contributed by atoms with E-state index in [2.05, 4.69) is 31.0 Å². The number of hydrogen-bond acceptors (Lipinski definition) is 7. The van der Waals surface area contributed by atoms with E-state index in [1.54, 1.807) is 36.9 Å². The molecule has 0 unspecified atom stereocenters. The summed E-state index contributed by atoms with van der Waals surface area (Å²) >= 11 is 0. The van der Waals surface area contributed by atoms with E-state index < -0.39 is 11.8 Å². The Balaban J connectivity index is 1.32. The molecule has 5 aromatic rings. The van der Waals surface area contributed by atoms with Gasteiger partial charge in [0, 0.05) is 47.0 Å². The summed E-state index contributed by atoms with van der Waals surface area (Å²) in [6.45, 7) is 0. The molecule has 3 aromatic heterocycles. The van der Waals surface area contributed by atoms with Crippen LogP contribution >= 0.6 is 0 Å². The van der Waals surface area contributed by atoms with Gasteiger partial charge in [-0.2, -0.15) is 10.2 Å². The predicted octanol–water partition coefficient (Wildman–Crippen LogP) is 4.43. The van der Waals surface area contributed by atoms with Crippen LogP contribution in [0.25, 0.3) is 0 Å². The molecule has 0 fully saturated rings. The van der Waals surface area contributed by atoms with Crippen LogP contribution in [0.4, 0.5) is 0 Å². The molecule has 190 valence electrons. The SMILES string of the molecule is O=C(N/N=C(\c1ccccc1)c1cccnc1)c1ccc(C(=O)N/N=C(\c2ccccc2)c2cccnc2)o1. The monoisotopic (exact) mass is 514 g/mol. The topological polar surface area (TPSA) is 122 Å². The lowest BCUT2D eigenvalue weighted by Crippen LogP contribution is -2.21. The first-order valence-electron chi connectivity index (χ1n) is 12.0. The minimum atomic E-state index is -0.616. The van der Waals surface area contributed by atoms with Crippen molar-refractivity contribution < 1.29 is 14.0 Å². The first kappa shape index (κ1) is 25.0. The summed E-state index contributed by atoms with van der Waals surface area (Å²) in [5, 5.41) is 8.62. The van der Waals surface area contributed by atoms with Crippen LogP contribution in [0.15, 0.2) is 136 Å². The van der Waals surface area contributed by atoms with Crippen molar-refractivity contribution >= 4 is 23.2 Å². The minimum Gasteiger partial charge on any atom is -0.446 e. The number of carbonyl (C=O) groups excluding carboxylic acids is 2. The lowest BCUT2D eigenvalue weighted by molar-refractivity contribution is 0.0902. The lowest BCUT2D eigenvalue weighted by Gasteiger charge is -2.07. The molecular weight excluding hydrogens is 492 g/mol. The maximum absolute atomic E-state index is 12.8. The third kappa shape index (κ3) is 6.17. The van der Waals surface area contributed by atoms with Gasteiger partial charge >= 0.3 is 11.8 Å². The predicted molar refractivity (Wildman–Crippen MR) is 146 cm³/mol. The van der Waals surface area contributed by atoms with E-state index in [0.29, 0.717) is 11.4 Å². The molecule has 0 atom stereocenters. The van der Waals surface area contributed by atoms with Crippen LogP contribution in [-0.2, 0) is 0 Å². The van der Waals surface area contributed by atoms with Gasteiger partial charge in [0.2, 0.25) is 0 Å². The summed E-state index contributed by atoms with van der Waals surface area (Å²) in [5.41, 5.74) is 9.11. The highest BCUT2D eigenvalue weighted by atomic mass is 16.4. The summed E-state index contributed by atoms with van der Waals surface area (Å²) < 4.78 is 5.51. The lowest BCUT2D eigenvalue weighted by atomic mass is 10.0. The first-order valence-corrected chi connectivity index (χ1v) is 12.0. The molecule has 0 radical (unpaired) electrons. The van der Waals surface area contributed by atoms with E-state index in [1.165, 1.54) is 12.1 Å². The van der Waals surface area contributed by atoms with Crippen LogP contribution in [0.1, 0.15) is 43.4 Å². The third-order valence-corrected chi connectivity index (χ3v) is 5.56. The fourth-order valence-electron chi connectivity index (χ4n) is 3.69. The van der Waals surface area contributed by atoms with E-state index in [-0.39, 0.29) is 11.5 Å². The van der Waals surface area contributed by atoms with Crippen molar-refractivity contribution in [2.24, 2.45) is 10.2 Å². The number of nitrogens with one attached hydrogen (secondary N) is 2. The minimum absolute atomic E-state index is 0.0815. The summed E-state index contributed by atoms with van der Waals surface area (Å²) in [5.74, 6) is -1.39. The van der Waals surface area contributed by atoms with Crippen LogP contribution in [0.3, 0.4) is 0 Å². The fraction of sp³-hybridized carbons (Fsp3) is 0. The van der Waals surface area contributed by atoms with Gasteiger partial charge in [0.1, 0.15) is 0 Å². The molecule has 0 bridgehead atoms. The van der Waals surface area contributed by atoms with Crippen molar-refractivity contribution in [2.75, 3.05) is 0 Å². The number of pyridine rings is 2. The molecule has 0 aliphatic rings. The van der Waals surface area contributed by atoms with E-state index in [1.807, 2.05) is 72.8 Å². The Bertz CT molecular complexity index is 1410. The van der Waals surface area contributed by atoms with Crippen molar-refractivity contribution in [1.82, 2.24) is 20.8 Å². The Morgan fingerprint density at radius 1 is 0.538 bits per heavy atom. The highest BCUT2D eigenvalue weighted by Gasteiger charge is 2.17. The molecule has 9 nitrogen and oxygen atoms in total. The van der Waals surface area contributed by atoms with Crippen LogP contribution in [0.5, 0.6) is 0 Å². The van der Waals surface area contributed by atoms with E-state index in [0.717, 1.165) is 22.3 Å².